The number of nitrogens with one attached hydrogen (secondary N) is 2. The Bertz CT molecular complexity index is 1010. The van der Waals surface area contributed by atoms with Gasteiger partial charge in [-0.3, -0.25) is 9.59 Å². The number of benzene rings is 2. The summed E-state index contributed by atoms with van der Waals surface area (Å²) in [5.74, 6) is -3.45. The van der Waals surface area contributed by atoms with Gasteiger partial charge in [0.2, 0.25) is 10.0 Å². The maximum absolute atomic E-state index is 13.2. The van der Waals surface area contributed by atoms with Gasteiger partial charge in [-0.2, -0.15) is 0 Å². The van der Waals surface area contributed by atoms with Gasteiger partial charge in [0.1, 0.15) is 5.75 Å². The topological polar surface area (TPSA) is 111 Å². The van der Waals surface area contributed by atoms with Crippen molar-refractivity contribution in [2.45, 2.75) is 18.2 Å². The third-order valence-corrected chi connectivity index (χ3v) is 5.11. The zero-order chi connectivity index (χ0) is 22.1. The van der Waals surface area contributed by atoms with Gasteiger partial charge >= 0.3 is 5.97 Å². The molecular formula is C19H20F2N2O6S. The van der Waals surface area contributed by atoms with E-state index < -0.39 is 45.0 Å². The lowest BCUT2D eigenvalue weighted by molar-refractivity contribution is -0.147. The van der Waals surface area contributed by atoms with Crippen molar-refractivity contribution in [2.75, 3.05) is 25.1 Å². The minimum Gasteiger partial charge on any atom is -0.492 e. The number of sulfonamides is 1. The van der Waals surface area contributed by atoms with Crippen LogP contribution in [0.4, 0.5) is 14.5 Å². The van der Waals surface area contributed by atoms with E-state index in [1.54, 1.807) is 31.2 Å². The second-order valence-electron chi connectivity index (χ2n) is 5.86. The maximum Gasteiger partial charge on any atom is 0.307 e. The van der Waals surface area contributed by atoms with Crippen molar-refractivity contribution in [3.63, 3.8) is 0 Å². The van der Waals surface area contributed by atoms with Crippen LogP contribution in [0.25, 0.3) is 0 Å². The summed E-state index contributed by atoms with van der Waals surface area (Å²) in [6.07, 6.45) is -0.369. The standard InChI is InChI=1S/C19H20F2N2O6S/c1-2-28-17-6-4-3-5-16(17)23-18(24)12-29-19(25)9-10-22-30(26,27)13-7-8-14(20)15(21)11-13/h3-8,11,22H,2,9-10,12H2,1H3,(H,23,24). The van der Waals surface area contributed by atoms with Crippen LogP contribution in [0.1, 0.15) is 13.3 Å². The number of para-hydroxylation sites is 2. The molecule has 2 aromatic rings. The van der Waals surface area contributed by atoms with Crippen molar-refractivity contribution in [3.8, 4) is 5.75 Å². The Kier molecular flexibility index (Phi) is 8.25. The maximum atomic E-state index is 13.2. The Balaban J connectivity index is 1.78. The van der Waals surface area contributed by atoms with E-state index in [2.05, 4.69) is 10.0 Å². The monoisotopic (exact) mass is 442 g/mol. The summed E-state index contributed by atoms with van der Waals surface area (Å²) in [7, 11) is -4.14. The van der Waals surface area contributed by atoms with Gasteiger partial charge in [0.05, 0.1) is 23.6 Å². The minimum atomic E-state index is -4.14. The zero-order valence-electron chi connectivity index (χ0n) is 16.0. The molecule has 0 spiro atoms. The molecule has 0 heterocycles. The van der Waals surface area contributed by atoms with Gasteiger partial charge in [0, 0.05) is 6.54 Å². The van der Waals surface area contributed by atoms with Crippen LogP contribution in [-0.2, 0) is 24.3 Å². The predicted octanol–water partition coefficient (Wildman–Crippen LogP) is 2.21. The molecule has 0 aliphatic carbocycles. The van der Waals surface area contributed by atoms with Crippen LogP contribution in [0.2, 0.25) is 0 Å². The number of anilines is 1. The fraction of sp³-hybridized carbons (Fsp3) is 0.263. The quantitative estimate of drug-likeness (QED) is 0.546. The molecule has 0 bridgehead atoms. The number of carbonyl (C=O) groups excluding carboxylic acids is 2. The molecule has 0 radical (unpaired) electrons. The largest absolute Gasteiger partial charge is 0.492 e. The lowest BCUT2D eigenvalue weighted by Crippen LogP contribution is -2.28. The molecule has 0 aromatic heterocycles. The van der Waals surface area contributed by atoms with Gasteiger partial charge < -0.3 is 14.8 Å². The number of ether oxygens (including phenoxy) is 2. The zero-order valence-corrected chi connectivity index (χ0v) is 16.8. The van der Waals surface area contributed by atoms with Gasteiger partial charge in [0.25, 0.3) is 5.91 Å². The Morgan fingerprint density at radius 1 is 1.07 bits per heavy atom. The van der Waals surface area contributed by atoms with Crippen LogP contribution >= 0.6 is 0 Å². The molecule has 0 fully saturated rings. The number of halogens is 2. The fourth-order valence-electron chi connectivity index (χ4n) is 2.27. The average Bonchev–Trinajstić information content (AvgIpc) is 2.70. The number of hydrogen-bond acceptors (Lipinski definition) is 6. The van der Waals surface area contributed by atoms with Crippen molar-refractivity contribution in [1.82, 2.24) is 4.72 Å². The lowest BCUT2D eigenvalue weighted by Gasteiger charge is -2.11. The SMILES string of the molecule is CCOc1ccccc1NC(=O)COC(=O)CCNS(=O)(=O)c1ccc(F)c(F)c1. The third-order valence-electron chi connectivity index (χ3n) is 3.65. The first-order chi connectivity index (χ1) is 14.2. The summed E-state index contributed by atoms with van der Waals surface area (Å²) >= 11 is 0. The number of amides is 1. The molecule has 2 N–H and O–H groups in total. The first-order valence-corrected chi connectivity index (χ1v) is 10.3. The summed E-state index contributed by atoms with van der Waals surface area (Å²) in [5.41, 5.74) is 0.416. The normalized spacial score (nSPS) is 11.0. The van der Waals surface area contributed by atoms with E-state index in [0.717, 1.165) is 6.07 Å². The van der Waals surface area contributed by atoms with Crippen LogP contribution in [-0.4, -0.2) is 40.1 Å². The van der Waals surface area contributed by atoms with Gasteiger partial charge in [-0.15, -0.1) is 0 Å². The first-order valence-electron chi connectivity index (χ1n) is 8.85. The minimum absolute atomic E-state index is 0.352. The summed E-state index contributed by atoms with van der Waals surface area (Å²) in [5, 5.41) is 2.54. The lowest BCUT2D eigenvalue weighted by atomic mass is 10.3. The summed E-state index contributed by atoms with van der Waals surface area (Å²) in [6.45, 7) is 1.27. The fourth-order valence-corrected chi connectivity index (χ4v) is 3.31. The highest BCUT2D eigenvalue weighted by Gasteiger charge is 2.17. The molecule has 0 unspecified atom stereocenters. The molecule has 2 rings (SSSR count). The van der Waals surface area contributed by atoms with E-state index in [0.29, 0.717) is 30.2 Å². The first kappa shape index (κ1) is 23.2. The molecule has 162 valence electrons. The Morgan fingerprint density at radius 2 is 1.80 bits per heavy atom. The number of rotatable bonds is 10. The van der Waals surface area contributed by atoms with E-state index in [4.69, 9.17) is 9.47 Å². The summed E-state index contributed by atoms with van der Waals surface area (Å²) in [6, 6.07) is 8.83. The van der Waals surface area contributed by atoms with Gasteiger partial charge in [0.15, 0.2) is 18.2 Å². The molecule has 0 saturated heterocycles. The number of hydrogen-bond donors (Lipinski definition) is 2. The summed E-state index contributed by atoms with van der Waals surface area (Å²) in [4.78, 5) is 23.2. The molecular weight excluding hydrogens is 422 g/mol. The van der Waals surface area contributed by atoms with Crippen LogP contribution in [0.15, 0.2) is 47.4 Å². The van der Waals surface area contributed by atoms with Gasteiger partial charge in [-0.25, -0.2) is 21.9 Å². The molecule has 11 heteroatoms. The Hall–Kier alpha value is -3.05. The smallest absolute Gasteiger partial charge is 0.307 e. The Labute approximate surface area is 172 Å². The molecule has 30 heavy (non-hydrogen) atoms. The average molecular weight is 442 g/mol. The molecule has 0 aliphatic rings. The second-order valence-corrected chi connectivity index (χ2v) is 7.63. The predicted molar refractivity (Wildman–Crippen MR) is 103 cm³/mol. The second kappa shape index (κ2) is 10.6. The van der Waals surface area contributed by atoms with Crippen LogP contribution in [0.3, 0.4) is 0 Å². The van der Waals surface area contributed by atoms with E-state index >= 15 is 0 Å². The van der Waals surface area contributed by atoms with Crippen molar-refractivity contribution >= 4 is 27.6 Å². The molecule has 1 amide bonds. The highest BCUT2D eigenvalue weighted by Crippen LogP contribution is 2.23. The van der Waals surface area contributed by atoms with E-state index in [-0.39, 0.29) is 13.0 Å². The van der Waals surface area contributed by atoms with Crippen molar-refractivity contribution in [3.05, 3.63) is 54.1 Å². The summed E-state index contributed by atoms with van der Waals surface area (Å²) < 4.78 is 62.3. The molecule has 2 aromatic carbocycles. The van der Waals surface area contributed by atoms with Gasteiger partial charge in [-0.05, 0) is 37.3 Å². The van der Waals surface area contributed by atoms with E-state index in [9.17, 15) is 26.8 Å². The van der Waals surface area contributed by atoms with E-state index in [1.807, 2.05) is 0 Å². The number of esters is 1. The molecule has 0 atom stereocenters. The van der Waals surface area contributed by atoms with Crippen molar-refractivity contribution in [2.24, 2.45) is 0 Å². The molecule has 0 aliphatic heterocycles. The van der Waals surface area contributed by atoms with Crippen LogP contribution in [0, 0.1) is 11.6 Å². The Morgan fingerprint density at radius 3 is 2.50 bits per heavy atom. The highest BCUT2D eigenvalue weighted by molar-refractivity contribution is 7.89. The number of carbonyl (C=O) groups is 2. The van der Waals surface area contributed by atoms with E-state index in [1.165, 1.54) is 0 Å². The van der Waals surface area contributed by atoms with Crippen molar-refractivity contribution in [1.29, 1.82) is 0 Å². The molecule has 0 saturated carbocycles. The van der Waals surface area contributed by atoms with Crippen LogP contribution in [0.5, 0.6) is 5.75 Å². The highest BCUT2D eigenvalue weighted by atomic mass is 32.2. The third kappa shape index (κ3) is 6.78. The van der Waals surface area contributed by atoms with Crippen LogP contribution < -0.4 is 14.8 Å². The molecule has 8 nitrogen and oxygen atoms in total. The van der Waals surface area contributed by atoms with Crippen molar-refractivity contribution < 1.29 is 36.3 Å². The van der Waals surface area contributed by atoms with Gasteiger partial charge in [-0.1, -0.05) is 12.1 Å².